The number of rotatable bonds is 6. The normalized spacial score (nSPS) is 11.2. The number of nitrogens with one attached hydrogen (secondary N) is 1. The highest BCUT2D eigenvalue weighted by molar-refractivity contribution is 7.80. The van der Waals surface area contributed by atoms with Crippen LogP contribution < -0.4 is 5.43 Å². The van der Waals surface area contributed by atoms with Crippen LogP contribution in [0.1, 0.15) is 39.2 Å². The molecule has 0 aromatic heterocycles. The maximum atomic E-state index is 9.77. The minimum absolute atomic E-state index is 0.223. The van der Waals surface area contributed by atoms with E-state index in [2.05, 4.69) is 29.3 Å². The van der Waals surface area contributed by atoms with Gasteiger partial charge in [0.05, 0.1) is 5.71 Å². The molecule has 0 bridgehead atoms. The molecular weight excluding hydrogens is 270 g/mol. The SMILES string of the molecule is CCCN(CCC)C(=S)N/N=C(\C)c1ccccc1O. The predicted octanol–water partition coefficient (Wildman–Crippen LogP) is 3.11. The third kappa shape index (κ3) is 4.81. The summed E-state index contributed by atoms with van der Waals surface area (Å²) in [5.74, 6) is 0.223. The summed E-state index contributed by atoms with van der Waals surface area (Å²) in [6.45, 7) is 7.94. The minimum Gasteiger partial charge on any atom is -0.507 e. The fraction of sp³-hybridized carbons (Fsp3) is 0.467. The average molecular weight is 293 g/mol. The van der Waals surface area contributed by atoms with E-state index in [1.54, 1.807) is 12.1 Å². The first kappa shape index (κ1) is 16.4. The lowest BCUT2D eigenvalue weighted by molar-refractivity contribution is 0.411. The topological polar surface area (TPSA) is 47.9 Å². The summed E-state index contributed by atoms with van der Waals surface area (Å²) in [5, 5.41) is 14.7. The van der Waals surface area contributed by atoms with Crippen LogP contribution in [-0.2, 0) is 0 Å². The molecule has 1 aromatic carbocycles. The molecule has 0 saturated carbocycles. The van der Waals surface area contributed by atoms with Gasteiger partial charge in [0.2, 0.25) is 0 Å². The van der Waals surface area contributed by atoms with Gasteiger partial charge in [0, 0.05) is 18.7 Å². The molecule has 5 heteroatoms. The zero-order chi connectivity index (χ0) is 15.0. The molecule has 0 atom stereocenters. The Bertz CT molecular complexity index is 468. The molecule has 1 rings (SSSR count). The lowest BCUT2D eigenvalue weighted by Crippen LogP contribution is -2.38. The number of aromatic hydroxyl groups is 1. The number of nitrogens with zero attached hydrogens (tertiary/aromatic N) is 2. The molecule has 20 heavy (non-hydrogen) atoms. The van der Waals surface area contributed by atoms with Gasteiger partial charge in [-0.3, -0.25) is 5.43 Å². The number of benzene rings is 1. The standard InChI is InChI=1S/C15H23N3OS/c1-4-10-18(11-5-2)15(20)17-16-12(3)13-8-6-7-9-14(13)19/h6-9,19H,4-5,10-11H2,1-3H3,(H,17,20)/b16-12+. The van der Waals surface area contributed by atoms with Gasteiger partial charge in [0.25, 0.3) is 0 Å². The summed E-state index contributed by atoms with van der Waals surface area (Å²) in [7, 11) is 0. The van der Waals surface area contributed by atoms with Crippen LogP contribution in [0.4, 0.5) is 0 Å². The Morgan fingerprint density at radius 2 is 1.85 bits per heavy atom. The van der Waals surface area contributed by atoms with E-state index in [-0.39, 0.29) is 5.75 Å². The van der Waals surface area contributed by atoms with Gasteiger partial charge in [-0.1, -0.05) is 26.0 Å². The molecular formula is C15H23N3OS. The number of hydrazone groups is 1. The summed E-state index contributed by atoms with van der Waals surface area (Å²) in [4.78, 5) is 2.11. The van der Waals surface area contributed by atoms with Gasteiger partial charge in [-0.25, -0.2) is 0 Å². The van der Waals surface area contributed by atoms with Crippen LogP contribution in [0.2, 0.25) is 0 Å². The fourth-order valence-corrected chi connectivity index (χ4v) is 2.13. The van der Waals surface area contributed by atoms with E-state index in [1.165, 1.54) is 0 Å². The third-order valence-electron chi connectivity index (χ3n) is 2.89. The molecule has 1 aromatic rings. The van der Waals surface area contributed by atoms with Crippen molar-refractivity contribution in [2.75, 3.05) is 13.1 Å². The molecule has 4 nitrogen and oxygen atoms in total. The highest BCUT2D eigenvalue weighted by Crippen LogP contribution is 2.16. The molecule has 0 amide bonds. The smallest absolute Gasteiger partial charge is 0.189 e. The second-order valence-corrected chi connectivity index (χ2v) is 5.01. The molecule has 0 unspecified atom stereocenters. The Morgan fingerprint density at radius 3 is 2.40 bits per heavy atom. The Morgan fingerprint density at radius 1 is 1.25 bits per heavy atom. The Labute approximate surface area is 126 Å². The first-order chi connectivity index (χ1) is 9.60. The van der Waals surface area contributed by atoms with Crippen molar-refractivity contribution in [3.05, 3.63) is 29.8 Å². The van der Waals surface area contributed by atoms with Crippen molar-refractivity contribution in [2.45, 2.75) is 33.6 Å². The molecule has 0 fully saturated rings. The number of para-hydroxylation sites is 1. The van der Waals surface area contributed by atoms with Crippen LogP contribution in [0.25, 0.3) is 0 Å². The first-order valence-electron chi connectivity index (χ1n) is 6.97. The first-order valence-corrected chi connectivity index (χ1v) is 7.38. The summed E-state index contributed by atoms with van der Waals surface area (Å²) in [6, 6.07) is 7.13. The monoisotopic (exact) mass is 293 g/mol. The molecule has 0 aliphatic heterocycles. The van der Waals surface area contributed by atoms with Gasteiger partial charge in [-0.2, -0.15) is 5.10 Å². The number of hydrogen-bond donors (Lipinski definition) is 2. The second-order valence-electron chi connectivity index (χ2n) is 4.62. The average Bonchev–Trinajstić information content (AvgIpc) is 2.44. The van der Waals surface area contributed by atoms with Crippen molar-refractivity contribution < 1.29 is 5.11 Å². The van der Waals surface area contributed by atoms with Crippen molar-refractivity contribution >= 4 is 23.0 Å². The van der Waals surface area contributed by atoms with E-state index in [4.69, 9.17) is 12.2 Å². The van der Waals surface area contributed by atoms with E-state index in [0.717, 1.165) is 25.9 Å². The quantitative estimate of drug-likeness (QED) is 0.481. The lowest BCUT2D eigenvalue weighted by atomic mass is 10.1. The van der Waals surface area contributed by atoms with Gasteiger partial charge in [-0.05, 0) is 44.1 Å². The largest absolute Gasteiger partial charge is 0.507 e. The highest BCUT2D eigenvalue weighted by Gasteiger charge is 2.08. The summed E-state index contributed by atoms with van der Waals surface area (Å²) in [6.07, 6.45) is 2.09. The van der Waals surface area contributed by atoms with Crippen LogP contribution in [0.3, 0.4) is 0 Å². The van der Waals surface area contributed by atoms with Crippen LogP contribution in [-0.4, -0.2) is 33.9 Å². The Kier molecular flexibility index (Phi) is 7.01. The van der Waals surface area contributed by atoms with Crippen LogP contribution in [0.15, 0.2) is 29.4 Å². The van der Waals surface area contributed by atoms with Crippen molar-refractivity contribution in [2.24, 2.45) is 5.10 Å². The van der Waals surface area contributed by atoms with Gasteiger partial charge < -0.3 is 10.0 Å². The molecule has 110 valence electrons. The molecule has 0 spiro atoms. The maximum absolute atomic E-state index is 9.77. The summed E-state index contributed by atoms with van der Waals surface area (Å²) >= 11 is 5.35. The van der Waals surface area contributed by atoms with E-state index in [1.807, 2.05) is 19.1 Å². The van der Waals surface area contributed by atoms with Crippen molar-refractivity contribution in [1.82, 2.24) is 10.3 Å². The molecule has 0 saturated heterocycles. The van der Waals surface area contributed by atoms with E-state index < -0.39 is 0 Å². The van der Waals surface area contributed by atoms with Gasteiger partial charge in [0.15, 0.2) is 5.11 Å². The summed E-state index contributed by atoms with van der Waals surface area (Å²) < 4.78 is 0. The molecule has 0 radical (unpaired) electrons. The predicted molar refractivity (Wildman–Crippen MR) is 88.2 cm³/mol. The van der Waals surface area contributed by atoms with Gasteiger partial charge in [0.1, 0.15) is 5.75 Å². The van der Waals surface area contributed by atoms with Crippen molar-refractivity contribution in [1.29, 1.82) is 0 Å². The Hall–Kier alpha value is -1.62. The molecule has 0 aliphatic rings. The lowest BCUT2D eigenvalue weighted by Gasteiger charge is -2.23. The second kappa shape index (κ2) is 8.53. The van der Waals surface area contributed by atoms with E-state index >= 15 is 0 Å². The number of thiocarbonyl (C=S) groups is 1. The third-order valence-corrected chi connectivity index (χ3v) is 3.24. The molecule has 0 heterocycles. The molecule has 0 aliphatic carbocycles. The van der Waals surface area contributed by atoms with Crippen LogP contribution in [0.5, 0.6) is 5.75 Å². The fourth-order valence-electron chi connectivity index (χ4n) is 1.90. The molecule has 2 N–H and O–H groups in total. The number of hydrogen-bond acceptors (Lipinski definition) is 3. The summed E-state index contributed by atoms with van der Waals surface area (Å²) in [5.41, 5.74) is 4.33. The zero-order valence-corrected chi connectivity index (χ0v) is 13.2. The number of phenols is 1. The van der Waals surface area contributed by atoms with E-state index in [9.17, 15) is 5.11 Å². The van der Waals surface area contributed by atoms with Crippen molar-refractivity contribution in [3.63, 3.8) is 0 Å². The maximum Gasteiger partial charge on any atom is 0.189 e. The van der Waals surface area contributed by atoms with Gasteiger partial charge in [-0.15, -0.1) is 0 Å². The zero-order valence-electron chi connectivity index (χ0n) is 12.4. The van der Waals surface area contributed by atoms with Crippen LogP contribution >= 0.6 is 12.2 Å². The number of phenolic OH excluding ortho intramolecular Hbond substituents is 1. The van der Waals surface area contributed by atoms with Crippen LogP contribution in [0, 0.1) is 0 Å². The minimum atomic E-state index is 0.223. The van der Waals surface area contributed by atoms with Gasteiger partial charge >= 0.3 is 0 Å². The van der Waals surface area contributed by atoms with E-state index in [0.29, 0.717) is 16.4 Å². The Balaban J connectivity index is 2.70. The highest BCUT2D eigenvalue weighted by atomic mass is 32.1. The van der Waals surface area contributed by atoms with Crippen molar-refractivity contribution in [3.8, 4) is 5.75 Å².